The molecule has 0 atom stereocenters. The molecule has 218 valence electrons. The van der Waals surface area contributed by atoms with Gasteiger partial charge in [-0.1, -0.05) is 45.9 Å². The first-order chi connectivity index (χ1) is 20.2. The van der Waals surface area contributed by atoms with E-state index in [1.807, 2.05) is 70.4 Å². The predicted octanol–water partition coefficient (Wildman–Crippen LogP) is 7.62. The van der Waals surface area contributed by atoms with Crippen LogP contribution >= 0.6 is 12.0 Å². The molecular formula is C33H42N4O3S. The molecule has 1 aromatic heterocycles. The Morgan fingerprint density at radius 2 is 1.34 bits per heavy atom. The van der Waals surface area contributed by atoms with Gasteiger partial charge in [-0.2, -0.15) is 0 Å². The lowest BCUT2D eigenvalue weighted by Crippen LogP contribution is -2.45. The molecule has 4 aromatic rings. The third-order valence-corrected chi connectivity index (χ3v) is 7.15. The topological polar surface area (TPSA) is 60.0 Å². The zero-order valence-electron chi connectivity index (χ0n) is 25.0. The van der Waals surface area contributed by atoms with Crippen molar-refractivity contribution < 1.29 is 13.7 Å². The van der Waals surface area contributed by atoms with Gasteiger partial charge in [-0.05, 0) is 59.7 Å². The van der Waals surface area contributed by atoms with Crippen molar-refractivity contribution in [2.45, 2.75) is 39.1 Å². The van der Waals surface area contributed by atoms with Crippen molar-refractivity contribution in [2.75, 3.05) is 45.3 Å². The van der Waals surface area contributed by atoms with Crippen molar-refractivity contribution in [3.05, 3.63) is 91.0 Å². The highest BCUT2D eigenvalue weighted by molar-refractivity contribution is 7.95. The van der Waals surface area contributed by atoms with Gasteiger partial charge in [0.05, 0.1) is 26.3 Å². The van der Waals surface area contributed by atoms with Crippen molar-refractivity contribution in [3.63, 3.8) is 0 Å². The van der Waals surface area contributed by atoms with Crippen molar-refractivity contribution in [1.82, 2.24) is 14.9 Å². The van der Waals surface area contributed by atoms with E-state index < -0.39 is 0 Å². The van der Waals surface area contributed by atoms with E-state index in [0.717, 1.165) is 66.0 Å². The van der Waals surface area contributed by atoms with E-state index in [2.05, 4.69) is 56.2 Å². The second-order valence-corrected chi connectivity index (χ2v) is 9.57. The Kier molecular flexibility index (Phi) is 13.3. The van der Waals surface area contributed by atoms with E-state index in [0.29, 0.717) is 0 Å². The monoisotopic (exact) mass is 574 g/mol. The molecule has 0 spiro atoms. The van der Waals surface area contributed by atoms with Crippen molar-refractivity contribution in [3.8, 4) is 28.4 Å². The summed E-state index contributed by atoms with van der Waals surface area (Å²) in [5, 5.41) is 0. The molecule has 1 fully saturated rings. The standard InChI is InChI=1S/C29H30N4O3S.2C2H6/c1-34-28-12-3-22(17-29(28)35-2)20-32-13-15-33(16-14-32)25-6-8-26(9-7-25)36-37-27-10-4-23(5-11-27)24-18-30-21-31-19-24;2*1-2/h3-12,17-19,21H,13-16,20H2,1-2H3;2*1-2H3. The summed E-state index contributed by atoms with van der Waals surface area (Å²) in [6, 6.07) is 22.7. The maximum Gasteiger partial charge on any atom is 0.161 e. The Bertz CT molecular complexity index is 1280. The van der Waals surface area contributed by atoms with Gasteiger partial charge in [0.1, 0.15) is 12.1 Å². The van der Waals surface area contributed by atoms with Crippen LogP contribution in [0.25, 0.3) is 11.1 Å². The molecule has 0 saturated carbocycles. The lowest BCUT2D eigenvalue weighted by atomic mass is 10.1. The van der Waals surface area contributed by atoms with Gasteiger partial charge in [0.15, 0.2) is 11.5 Å². The second-order valence-electron chi connectivity index (χ2n) is 8.76. The number of hydrogen-bond donors (Lipinski definition) is 0. The molecular weight excluding hydrogens is 532 g/mol. The highest BCUT2D eigenvalue weighted by atomic mass is 32.2. The van der Waals surface area contributed by atoms with E-state index in [1.54, 1.807) is 14.2 Å². The number of nitrogens with zero attached hydrogens (tertiary/aromatic N) is 4. The Labute approximate surface area is 249 Å². The molecule has 0 amide bonds. The fourth-order valence-corrected chi connectivity index (χ4v) is 4.91. The van der Waals surface area contributed by atoms with E-state index in [9.17, 15) is 0 Å². The molecule has 0 radical (unpaired) electrons. The highest BCUT2D eigenvalue weighted by Crippen LogP contribution is 2.30. The maximum atomic E-state index is 5.94. The van der Waals surface area contributed by atoms with Crippen molar-refractivity contribution in [1.29, 1.82) is 0 Å². The second kappa shape index (κ2) is 17.1. The normalized spacial score (nSPS) is 12.8. The average molecular weight is 575 g/mol. The van der Waals surface area contributed by atoms with E-state index in [-0.39, 0.29) is 0 Å². The smallest absolute Gasteiger partial charge is 0.161 e. The number of aromatic nitrogens is 2. The van der Waals surface area contributed by atoms with Gasteiger partial charge in [-0.3, -0.25) is 4.90 Å². The Balaban J connectivity index is 0.00000111. The molecule has 0 bridgehead atoms. The summed E-state index contributed by atoms with van der Waals surface area (Å²) < 4.78 is 16.7. The van der Waals surface area contributed by atoms with Crippen LogP contribution in [-0.2, 0) is 6.54 Å². The quantitative estimate of drug-likeness (QED) is 0.189. The number of methoxy groups -OCH3 is 2. The molecule has 1 aliphatic heterocycles. The Morgan fingerprint density at radius 1 is 0.707 bits per heavy atom. The Morgan fingerprint density at radius 3 is 1.95 bits per heavy atom. The number of piperazine rings is 1. The van der Waals surface area contributed by atoms with Crippen molar-refractivity contribution >= 4 is 17.7 Å². The average Bonchev–Trinajstić information content (AvgIpc) is 3.07. The van der Waals surface area contributed by atoms with Crippen LogP contribution in [0.3, 0.4) is 0 Å². The van der Waals surface area contributed by atoms with Crippen molar-refractivity contribution in [2.24, 2.45) is 0 Å². The lowest BCUT2D eigenvalue weighted by molar-refractivity contribution is 0.249. The number of anilines is 1. The van der Waals surface area contributed by atoms with Crippen LogP contribution in [0.1, 0.15) is 33.3 Å². The van der Waals surface area contributed by atoms with E-state index in [1.165, 1.54) is 29.6 Å². The lowest BCUT2D eigenvalue weighted by Gasteiger charge is -2.36. The minimum atomic E-state index is 0.762. The summed E-state index contributed by atoms with van der Waals surface area (Å²) in [5.41, 5.74) is 4.53. The molecule has 41 heavy (non-hydrogen) atoms. The number of benzene rings is 3. The molecule has 0 aliphatic carbocycles. The first-order valence-electron chi connectivity index (χ1n) is 14.2. The fourth-order valence-electron chi connectivity index (χ4n) is 4.36. The summed E-state index contributed by atoms with van der Waals surface area (Å²) in [6.45, 7) is 12.9. The summed E-state index contributed by atoms with van der Waals surface area (Å²) in [7, 11) is 3.34. The van der Waals surface area contributed by atoms with Gasteiger partial charge in [0.25, 0.3) is 0 Å². The molecule has 2 heterocycles. The van der Waals surface area contributed by atoms with E-state index >= 15 is 0 Å². The zero-order valence-corrected chi connectivity index (χ0v) is 25.9. The van der Waals surface area contributed by atoms with Gasteiger partial charge in [-0.15, -0.1) is 0 Å². The van der Waals surface area contributed by atoms with Gasteiger partial charge < -0.3 is 18.6 Å². The third-order valence-electron chi connectivity index (χ3n) is 6.41. The minimum absolute atomic E-state index is 0.762. The van der Waals surface area contributed by atoms with Crippen LogP contribution in [0.4, 0.5) is 5.69 Å². The van der Waals surface area contributed by atoms with Crippen LogP contribution < -0.4 is 18.6 Å². The molecule has 3 aromatic carbocycles. The summed E-state index contributed by atoms with van der Waals surface area (Å²) >= 11 is 1.36. The number of hydrogen-bond acceptors (Lipinski definition) is 8. The van der Waals surface area contributed by atoms with Gasteiger partial charge in [0, 0.05) is 61.3 Å². The molecule has 1 aliphatic rings. The first kappa shape index (κ1) is 31.8. The molecule has 1 saturated heterocycles. The molecule has 0 unspecified atom stereocenters. The largest absolute Gasteiger partial charge is 0.493 e. The fraction of sp³-hybridized carbons (Fsp3) is 0.333. The van der Waals surface area contributed by atoms with E-state index in [4.69, 9.17) is 13.7 Å². The van der Waals surface area contributed by atoms with Crippen LogP contribution in [0.15, 0.2) is 90.3 Å². The number of ether oxygens (including phenoxy) is 2. The van der Waals surface area contributed by atoms with Gasteiger partial charge in [0.2, 0.25) is 0 Å². The minimum Gasteiger partial charge on any atom is -0.493 e. The summed E-state index contributed by atoms with van der Waals surface area (Å²) in [6.07, 6.45) is 5.16. The zero-order chi connectivity index (χ0) is 29.5. The van der Waals surface area contributed by atoms with Gasteiger partial charge in [-0.25, -0.2) is 9.97 Å². The van der Waals surface area contributed by atoms with Crippen LogP contribution in [0, 0.1) is 0 Å². The van der Waals surface area contributed by atoms with Gasteiger partial charge >= 0.3 is 0 Å². The first-order valence-corrected chi connectivity index (χ1v) is 14.9. The third kappa shape index (κ3) is 9.13. The van der Waals surface area contributed by atoms with Crippen LogP contribution in [0.2, 0.25) is 0 Å². The SMILES string of the molecule is CC.CC.COc1ccc(CN2CCN(c3ccc(OSc4ccc(-c5cncnc5)cc4)cc3)CC2)cc1OC. The predicted molar refractivity (Wildman–Crippen MR) is 170 cm³/mol. The van der Waals surface area contributed by atoms with Crippen LogP contribution in [-0.4, -0.2) is 55.3 Å². The molecule has 8 heteroatoms. The summed E-state index contributed by atoms with van der Waals surface area (Å²) in [4.78, 5) is 14.1. The Hall–Kier alpha value is -3.75. The molecule has 0 N–H and O–H groups in total. The van der Waals surface area contributed by atoms with Crippen LogP contribution in [0.5, 0.6) is 17.2 Å². The maximum absolute atomic E-state index is 5.94. The molecule has 5 rings (SSSR count). The molecule has 7 nitrogen and oxygen atoms in total. The highest BCUT2D eigenvalue weighted by Gasteiger charge is 2.18. The number of rotatable bonds is 9. The summed E-state index contributed by atoms with van der Waals surface area (Å²) in [5.74, 6) is 2.37.